The van der Waals surface area contributed by atoms with Gasteiger partial charge in [-0.1, -0.05) is 12.1 Å². The lowest BCUT2D eigenvalue weighted by atomic mass is 10.3. The molecule has 3 heterocycles. The number of para-hydroxylation sites is 2. The number of hydrogen-bond acceptors (Lipinski definition) is 6. The summed E-state index contributed by atoms with van der Waals surface area (Å²) in [7, 11) is 0. The number of carbonyl (C=O) groups excluding carboxylic acids is 1. The van der Waals surface area contributed by atoms with E-state index in [9.17, 15) is 4.79 Å². The second-order valence-corrected chi connectivity index (χ2v) is 5.61. The molecular weight excluding hydrogens is 344 g/mol. The molecule has 0 unspecified atom stereocenters. The molecule has 0 N–H and O–H groups in total. The highest BCUT2D eigenvalue weighted by molar-refractivity contribution is 6.28. The number of nitrogens with zero attached hydrogens (tertiary/aromatic N) is 6. The maximum absolute atomic E-state index is 11.8. The number of carbonyl (C=O) groups is 1. The van der Waals surface area contributed by atoms with Crippen LogP contribution in [0.3, 0.4) is 0 Å². The minimum Gasteiger partial charge on any atom is -0.465 e. The van der Waals surface area contributed by atoms with Gasteiger partial charge in [-0.15, -0.1) is 0 Å². The molecule has 0 aliphatic heterocycles. The van der Waals surface area contributed by atoms with E-state index in [0.717, 1.165) is 11.0 Å². The maximum Gasteiger partial charge on any atom is 0.326 e. The SMILES string of the molecule is CCOC(=O)Cn1cnc2c(-n3cnc4ccccc43)nc(Cl)nc21. The Kier molecular flexibility index (Phi) is 3.81. The van der Waals surface area contributed by atoms with Crippen molar-refractivity contribution in [1.29, 1.82) is 0 Å². The number of fused-ring (bicyclic) bond motifs is 2. The van der Waals surface area contributed by atoms with Crippen LogP contribution in [0.2, 0.25) is 5.28 Å². The van der Waals surface area contributed by atoms with Crippen LogP contribution in [-0.4, -0.2) is 41.6 Å². The maximum atomic E-state index is 11.8. The molecule has 9 heteroatoms. The van der Waals surface area contributed by atoms with Gasteiger partial charge in [-0.05, 0) is 30.7 Å². The number of esters is 1. The number of benzene rings is 1. The Balaban J connectivity index is 1.88. The number of imidazole rings is 2. The van der Waals surface area contributed by atoms with Gasteiger partial charge in [0.1, 0.15) is 12.9 Å². The average Bonchev–Trinajstić information content (AvgIpc) is 3.19. The molecule has 0 spiro atoms. The van der Waals surface area contributed by atoms with Gasteiger partial charge in [0, 0.05) is 0 Å². The molecule has 0 bridgehead atoms. The van der Waals surface area contributed by atoms with Gasteiger partial charge in [-0.2, -0.15) is 9.97 Å². The molecular formula is C16H13ClN6O2. The lowest BCUT2D eigenvalue weighted by Gasteiger charge is -2.06. The molecule has 0 aliphatic carbocycles. The normalized spacial score (nSPS) is 11.3. The Bertz CT molecular complexity index is 1090. The van der Waals surface area contributed by atoms with E-state index >= 15 is 0 Å². The molecule has 4 aromatic rings. The zero-order valence-corrected chi connectivity index (χ0v) is 14.0. The summed E-state index contributed by atoms with van der Waals surface area (Å²) in [6, 6.07) is 7.67. The topological polar surface area (TPSA) is 87.7 Å². The highest BCUT2D eigenvalue weighted by Gasteiger charge is 2.17. The van der Waals surface area contributed by atoms with Gasteiger partial charge in [0.05, 0.1) is 24.0 Å². The van der Waals surface area contributed by atoms with Gasteiger partial charge >= 0.3 is 5.97 Å². The fourth-order valence-corrected chi connectivity index (χ4v) is 2.82. The number of ether oxygens (including phenoxy) is 1. The molecule has 1 aromatic carbocycles. The highest BCUT2D eigenvalue weighted by atomic mass is 35.5. The van der Waals surface area contributed by atoms with Crippen molar-refractivity contribution in [2.75, 3.05) is 6.61 Å². The quantitative estimate of drug-likeness (QED) is 0.412. The van der Waals surface area contributed by atoms with E-state index in [-0.39, 0.29) is 17.8 Å². The fourth-order valence-electron chi connectivity index (χ4n) is 2.66. The van der Waals surface area contributed by atoms with E-state index in [0.29, 0.717) is 23.6 Å². The second kappa shape index (κ2) is 6.14. The summed E-state index contributed by atoms with van der Waals surface area (Å²) in [6.07, 6.45) is 3.18. The zero-order valence-electron chi connectivity index (χ0n) is 13.3. The summed E-state index contributed by atoms with van der Waals surface area (Å²) in [4.78, 5) is 29.0. The molecule has 0 atom stereocenters. The van der Waals surface area contributed by atoms with Gasteiger partial charge < -0.3 is 9.30 Å². The molecule has 0 aliphatic rings. The third-order valence-corrected chi connectivity index (χ3v) is 3.87. The van der Waals surface area contributed by atoms with E-state index in [1.54, 1.807) is 22.4 Å². The Morgan fingerprint density at radius 2 is 2.04 bits per heavy atom. The standard InChI is InChI=1S/C16H13ClN6O2/c1-2-25-12(24)7-22-8-19-13-14(22)20-16(17)21-15(13)23-9-18-10-5-3-4-6-11(10)23/h3-6,8-9H,2,7H2,1H3. The van der Waals surface area contributed by atoms with Crippen molar-refractivity contribution in [2.24, 2.45) is 0 Å². The second-order valence-electron chi connectivity index (χ2n) is 5.27. The van der Waals surface area contributed by atoms with Crippen LogP contribution in [0, 0.1) is 0 Å². The molecule has 0 saturated heterocycles. The largest absolute Gasteiger partial charge is 0.465 e. The minimum absolute atomic E-state index is 0.00178. The Morgan fingerprint density at radius 1 is 1.20 bits per heavy atom. The van der Waals surface area contributed by atoms with E-state index < -0.39 is 0 Å². The first kappa shape index (κ1) is 15.5. The third-order valence-electron chi connectivity index (χ3n) is 3.70. The monoisotopic (exact) mass is 356 g/mol. The Morgan fingerprint density at radius 3 is 2.88 bits per heavy atom. The fraction of sp³-hybridized carbons (Fsp3) is 0.188. The van der Waals surface area contributed by atoms with Crippen LogP contribution in [0.1, 0.15) is 6.92 Å². The Hall–Kier alpha value is -3.00. The first-order chi connectivity index (χ1) is 12.2. The van der Waals surface area contributed by atoms with Crippen molar-refractivity contribution < 1.29 is 9.53 Å². The molecule has 4 rings (SSSR count). The van der Waals surface area contributed by atoms with Crippen LogP contribution in [0.15, 0.2) is 36.9 Å². The molecule has 8 nitrogen and oxygen atoms in total. The summed E-state index contributed by atoms with van der Waals surface area (Å²) < 4.78 is 8.36. The number of rotatable bonds is 4. The first-order valence-corrected chi connectivity index (χ1v) is 8.01. The lowest BCUT2D eigenvalue weighted by molar-refractivity contribution is -0.143. The number of hydrogen-bond donors (Lipinski definition) is 0. The zero-order chi connectivity index (χ0) is 17.4. The number of aromatic nitrogens is 6. The van der Waals surface area contributed by atoms with Crippen LogP contribution in [-0.2, 0) is 16.1 Å². The van der Waals surface area contributed by atoms with E-state index in [4.69, 9.17) is 16.3 Å². The molecule has 3 aromatic heterocycles. The van der Waals surface area contributed by atoms with E-state index in [2.05, 4.69) is 19.9 Å². The summed E-state index contributed by atoms with van der Waals surface area (Å²) >= 11 is 6.11. The highest BCUT2D eigenvalue weighted by Crippen LogP contribution is 2.23. The van der Waals surface area contributed by atoms with Gasteiger partial charge in [0.25, 0.3) is 0 Å². The Labute approximate surface area is 147 Å². The summed E-state index contributed by atoms with van der Waals surface area (Å²) in [5, 5.41) is 0.0610. The summed E-state index contributed by atoms with van der Waals surface area (Å²) in [5.74, 6) is 0.137. The first-order valence-electron chi connectivity index (χ1n) is 7.64. The third kappa shape index (κ3) is 2.70. The van der Waals surface area contributed by atoms with Crippen molar-refractivity contribution in [1.82, 2.24) is 29.1 Å². The molecule has 0 amide bonds. The van der Waals surface area contributed by atoms with Crippen molar-refractivity contribution in [2.45, 2.75) is 13.5 Å². The van der Waals surface area contributed by atoms with Gasteiger partial charge in [-0.3, -0.25) is 9.36 Å². The molecule has 0 saturated carbocycles. The summed E-state index contributed by atoms with van der Waals surface area (Å²) in [5.41, 5.74) is 2.69. The predicted octanol–water partition coefficient (Wildman–Crippen LogP) is 2.38. The van der Waals surface area contributed by atoms with Crippen LogP contribution in [0.5, 0.6) is 0 Å². The van der Waals surface area contributed by atoms with E-state index in [1.165, 1.54) is 6.33 Å². The van der Waals surface area contributed by atoms with Crippen molar-refractivity contribution in [3.05, 3.63) is 42.2 Å². The average molecular weight is 357 g/mol. The lowest BCUT2D eigenvalue weighted by Crippen LogP contribution is -2.13. The summed E-state index contributed by atoms with van der Waals surface area (Å²) in [6.45, 7) is 2.07. The molecule has 0 fully saturated rings. The van der Waals surface area contributed by atoms with E-state index in [1.807, 2.05) is 24.3 Å². The van der Waals surface area contributed by atoms with Gasteiger partial charge in [-0.25, -0.2) is 9.97 Å². The minimum atomic E-state index is -0.369. The van der Waals surface area contributed by atoms with Crippen LogP contribution < -0.4 is 0 Å². The molecule has 25 heavy (non-hydrogen) atoms. The van der Waals surface area contributed by atoms with Crippen LogP contribution in [0.25, 0.3) is 28.0 Å². The molecule has 126 valence electrons. The van der Waals surface area contributed by atoms with Crippen molar-refractivity contribution >= 4 is 39.8 Å². The van der Waals surface area contributed by atoms with Crippen LogP contribution in [0.4, 0.5) is 0 Å². The smallest absolute Gasteiger partial charge is 0.326 e. The van der Waals surface area contributed by atoms with Gasteiger partial charge in [0.2, 0.25) is 5.28 Å². The van der Waals surface area contributed by atoms with Gasteiger partial charge in [0.15, 0.2) is 17.0 Å². The van der Waals surface area contributed by atoms with Crippen molar-refractivity contribution in [3.63, 3.8) is 0 Å². The predicted molar refractivity (Wildman–Crippen MR) is 91.6 cm³/mol. The van der Waals surface area contributed by atoms with Crippen molar-refractivity contribution in [3.8, 4) is 5.82 Å². The molecule has 0 radical (unpaired) electrons. The van der Waals surface area contributed by atoms with Crippen LogP contribution >= 0.6 is 11.6 Å². The number of halogens is 1.